The van der Waals surface area contributed by atoms with Gasteiger partial charge in [-0.25, -0.2) is 4.98 Å². The van der Waals surface area contributed by atoms with Gasteiger partial charge >= 0.3 is 0 Å². The van der Waals surface area contributed by atoms with Gasteiger partial charge in [-0.05, 0) is 41.8 Å². The second-order valence-electron chi connectivity index (χ2n) is 5.71. The van der Waals surface area contributed by atoms with Crippen LogP contribution in [0.25, 0.3) is 11.1 Å². The Morgan fingerprint density at radius 2 is 2.00 bits per heavy atom. The standard InChI is InChI=1S/C18H17ClN2O2S/c1-11(2)12-3-6-14(7-4-12)20-17(22)10-24-18-21-15-9-13(19)5-8-16(15)23-18/h3-9,11H,10H2,1-2H3,(H,20,22). The Morgan fingerprint density at radius 3 is 2.71 bits per heavy atom. The highest BCUT2D eigenvalue weighted by Gasteiger charge is 2.10. The molecule has 0 fully saturated rings. The summed E-state index contributed by atoms with van der Waals surface area (Å²) >= 11 is 7.18. The van der Waals surface area contributed by atoms with E-state index in [0.717, 1.165) is 5.69 Å². The third-order valence-corrected chi connectivity index (χ3v) is 4.58. The van der Waals surface area contributed by atoms with E-state index in [2.05, 4.69) is 24.1 Å². The second kappa shape index (κ2) is 7.28. The van der Waals surface area contributed by atoms with E-state index >= 15 is 0 Å². The van der Waals surface area contributed by atoms with Gasteiger partial charge in [-0.15, -0.1) is 0 Å². The molecule has 0 atom stereocenters. The summed E-state index contributed by atoms with van der Waals surface area (Å²) < 4.78 is 5.58. The molecule has 0 aliphatic rings. The molecule has 6 heteroatoms. The number of amides is 1. The van der Waals surface area contributed by atoms with Crippen LogP contribution in [0.4, 0.5) is 5.69 Å². The van der Waals surface area contributed by atoms with Crippen LogP contribution in [-0.4, -0.2) is 16.6 Å². The molecular formula is C18H17ClN2O2S. The molecule has 0 bridgehead atoms. The van der Waals surface area contributed by atoms with Gasteiger partial charge in [0.15, 0.2) is 5.58 Å². The zero-order valence-corrected chi connectivity index (χ0v) is 14.9. The van der Waals surface area contributed by atoms with Crippen molar-refractivity contribution in [2.24, 2.45) is 0 Å². The maximum atomic E-state index is 12.1. The van der Waals surface area contributed by atoms with E-state index < -0.39 is 0 Å². The number of hydrogen-bond acceptors (Lipinski definition) is 4. The molecule has 3 aromatic rings. The first-order valence-electron chi connectivity index (χ1n) is 7.60. The fourth-order valence-electron chi connectivity index (χ4n) is 2.22. The second-order valence-corrected chi connectivity index (χ2v) is 7.07. The summed E-state index contributed by atoms with van der Waals surface area (Å²) in [5.41, 5.74) is 3.38. The summed E-state index contributed by atoms with van der Waals surface area (Å²) in [6.45, 7) is 4.27. The predicted octanol–water partition coefficient (Wildman–Crippen LogP) is 5.34. The van der Waals surface area contributed by atoms with E-state index in [1.165, 1.54) is 17.3 Å². The molecule has 3 rings (SSSR count). The Hall–Kier alpha value is -1.98. The van der Waals surface area contributed by atoms with Crippen LogP contribution in [0.2, 0.25) is 5.02 Å². The van der Waals surface area contributed by atoms with E-state index in [-0.39, 0.29) is 11.7 Å². The zero-order chi connectivity index (χ0) is 17.1. The van der Waals surface area contributed by atoms with Gasteiger partial charge in [0.25, 0.3) is 5.22 Å². The quantitative estimate of drug-likeness (QED) is 0.624. The van der Waals surface area contributed by atoms with Crippen molar-refractivity contribution in [1.29, 1.82) is 0 Å². The van der Waals surface area contributed by atoms with Crippen LogP contribution in [0.3, 0.4) is 0 Å². The molecule has 0 unspecified atom stereocenters. The summed E-state index contributed by atoms with van der Waals surface area (Å²) in [5.74, 6) is 0.600. The van der Waals surface area contributed by atoms with Crippen LogP contribution in [0.15, 0.2) is 52.1 Å². The number of halogens is 1. The lowest BCUT2D eigenvalue weighted by atomic mass is 10.0. The van der Waals surface area contributed by atoms with Gasteiger partial charge in [-0.3, -0.25) is 4.79 Å². The lowest BCUT2D eigenvalue weighted by Gasteiger charge is -2.07. The number of fused-ring (bicyclic) bond motifs is 1. The maximum absolute atomic E-state index is 12.1. The van der Waals surface area contributed by atoms with Crippen molar-refractivity contribution in [2.45, 2.75) is 25.0 Å². The predicted molar refractivity (Wildman–Crippen MR) is 98.9 cm³/mol. The molecule has 4 nitrogen and oxygen atoms in total. The van der Waals surface area contributed by atoms with Crippen LogP contribution in [0.1, 0.15) is 25.3 Å². The topological polar surface area (TPSA) is 55.1 Å². The number of carbonyl (C=O) groups is 1. The van der Waals surface area contributed by atoms with Crippen molar-refractivity contribution in [3.05, 3.63) is 53.1 Å². The molecule has 0 aliphatic carbocycles. The molecular weight excluding hydrogens is 344 g/mol. The molecule has 1 amide bonds. The lowest BCUT2D eigenvalue weighted by Crippen LogP contribution is -2.13. The molecule has 1 N–H and O–H groups in total. The molecule has 24 heavy (non-hydrogen) atoms. The number of thioether (sulfide) groups is 1. The van der Waals surface area contributed by atoms with Gasteiger partial charge in [-0.1, -0.05) is 49.3 Å². The molecule has 1 aromatic heterocycles. The van der Waals surface area contributed by atoms with E-state index in [9.17, 15) is 4.79 Å². The van der Waals surface area contributed by atoms with Crippen LogP contribution in [0.5, 0.6) is 0 Å². The minimum Gasteiger partial charge on any atom is -0.431 e. The third kappa shape index (κ3) is 4.10. The highest BCUT2D eigenvalue weighted by molar-refractivity contribution is 7.99. The van der Waals surface area contributed by atoms with Crippen LogP contribution in [0, 0.1) is 0 Å². The van der Waals surface area contributed by atoms with Gasteiger partial charge in [0.05, 0.1) is 5.75 Å². The van der Waals surface area contributed by atoms with Crippen molar-refractivity contribution in [1.82, 2.24) is 4.98 Å². The van der Waals surface area contributed by atoms with Gasteiger partial charge in [0, 0.05) is 10.7 Å². The summed E-state index contributed by atoms with van der Waals surface area (Å²) in [5, 5.41) is 3.93. The Balaban J connectivity index is 1.58. The number of oxazole rings is 1. The van der Waals surface area contributed by atoms with Crippen molar-refractivity contribution in [3.63, 3.8) is 0 Å². The highest BCUT2D eigenvalue weighted by atomic mass is 35.5. The first-order chi connectivity index (χ1) is 11.5. The van der Waals surface area contributed by atoms with E-state index in [4.69, 9.17) is 16.0 Å². The van der Waals surface area contributed by atoms with Gasteiger partial charge < -0.3 is 9.73 Å². The highest BCUT2D eigenvalue weighted by Crippen LogP contribution is 2.25. The molecule has 124 valence electrons. The molecule has 0 radical (unpaired) electrons. The van der Waals surface area contributed by atoms with Crippen molar-refractivity contribution in [3.8, 4) is 0 Å². The van der Waals surface area contributed by atoms with E-state index in [0.29, 0.717) is 27.3 Å². The summed E-state index contributed by atoms with van der Waals surface area (Å²) in [4.78, 5) is 16.4. The Bertz CT molecular complexity index is 859. The Kier molecular flexibility index (Phi) is 5.11. The summed E-state index contributed by atoms with van der Waals surface area (Å²) in [6, 6.07) is 13.1. The Labute approximate surface area is 149 Å². The average Bonchev–Trinajstić information content (AvgIpc) is 2.95. The summed E-state index contributed by atoms with van der Waals surface area (Å²) in [7, 11) is 0. The minimum atomic E-state index is -0.0995. The molecule has 0 saturated heterocycles. The third-order valence-electron chi connectivity index (χ3n) is 3.52. The normalized spacial score (nSPS) is 11.2. The molecule has 1 heterocycles. The number of benzene rings is 2. The van der Waals surface area contributed by atoms with E-state index in [1.54, 1.807) is 18.2 Å². The van der Waals surface area contributed by atoms with E-state index in [1.807, 2.05) is 24.3 Å². The molecule has 2 aromatic carbocycles. The Morgan fingerprint density at radius 1 is 1.25 bits per heavy atom. The van der Waals surface area contributed by atoms with Crippen LogP contribution < -0.4 is 5.32 Å². The van der Waals surface area contributed by atoms with Gasteiger partial charge in [-0.2, -0.15) is 0 Å². The SMILES string of the molecule is CC(C)c1ccc(NC(=O)CSc2nc3cc(Cl)ccc3o2)cc1. The van der Waals surface area contributed by atoms with Gasteiger partial charge in [0.2, 0.25) is 5.91 Å². The molecule has 0 saturated carbocycles. The maximum Gasteiger partial charge on any atom is 0.257 e. The first-order valence-corrected chi connectivity index (χ1v) is 8.96. The number of anilines is 1. The first kappa shape index (κ1) is 16.9. The van der Waals surface area contributed by atoms with Crippen molar-refractivity contribution >= 4 is 46.1 Å². The molecule has 0 spiro atoms. The van der Waals surface area contributed by atoms with Crippen molar-refractivity contribution in [2.75, 3.05) is 11.1 Å². The average molecular weight is 361 g/mol. The fraction of sp³-hybridized carbons (Fsp3) is 0.222. The fourth-order valence-corrected chi connectivity index (χ4v) is 3.02. The molecule has 0 aliphatic heterocycles. The number of nitrogens with zero attached hydrogens (tertiary/aromatic N) is 1. The summed E-state index contributed by atoms with van der Waals surface area (Å²) in [6.07, 6.45) is 0. The number of rotatable bonds is 5. The van der Waals surface area contributed by atoms with Crippen LogP contribution in [-0.2, 0) is 4.79 Å². The number of hydrogen-bond donors (Lipinski definition) is 1. The zero-order valence-electron chi connectivity index (χ0n) is 13.4. The van der Waals surface area contributed by atoms with Crippen molar-refractivity contribution < 1.29 is 9.21 Å². The van der Waals surface area contributed by atoms with Gasteiger partial charge in [0.1, 0.15) is 5.52 Å². The van der Waals surface area contributed by atoms with Crippen LogP contribution >= 0.6 is 23.4 Å². The number of aromatic nitrogens is 1. The lowest BCUT2D eigenvalue weighted by molar-refractivity contribution is -0.113. The number of carbonyl (C=O) groups excluding carboxylic acids is 1. The monoisotopic (exact) mass is 360 g/mol. The largest absolute Gasteiger partial charge is 0.431 e. The smallest absolute Gasteiger partial charge is 0.257 e. The minimum absolute atomic E-state index is 0.0995. The number of nitrogens with one attached hydrogen (secondary N) is 1.